The lowest BCUT2D eigenvalue weighted by Crippen LogP contribution is -2.07. The van der Waals surface area contributed by atoms with E-state index in [0.29, 0.717) is 6.54 Å². The van der Waals surface area contributed by atoms with Gasteiger partial charge in [-0.25, -0.2) is 4.98 Å². The molecule has 0 saturated heterocycles. The van der Waals surface area contributed by atoms with Gasteiger partial charge in [0.25, 0.3) is 0 Å². The smallest absolute Gasteiger partial charge is 0.114 e. The molecule has 3 rings (SSSR count). The van der Waals surface area contributed by atoms with E-state index in [2.05, 4.69) is 9.55 Å². The summed E-state index contributed by atoms with van der Waals surface area (Å²) in [5.41, 5.74) is 9.65. The average molecular weight is 267 g/mol. The number of rotatable bonds is 4. The van der Waals surface area contributed by atoms with Crippen molar-refractivity contribution in [3.05, 3.63) is 59.9 Å². The highest BCUT2D eigenvalue weighted by atomic mass is 16.3. The third kappa shape index (κ3) is 2.38. The zero-order valence-electron chi connectivity index (χ0n) is 11.2. The number of aliphatic hydroxyl groups excluding tert-OH is 1. The number of hydrogen-bond acceptors (Lipinski definition) is 3. The molecule has 1 heterocycles. The second-order valence-electron chi connectivity index (χ2n) is 4.81. The van der Waals surface area contributed by atoms with Crippen molar-refractivity contribution in [2.24, 2.45) is 0 Å². The second kappa shape index (κ2) is 5.35. The minimum absolute atomic E-state index is 0.106. The Morgan fingerprint density at radius 3 is 2.55 bits per heavy atom. The van der Waals surface area contributed by atoms with E-state index < -0.39 is 0 Å². The normalized spacial score (nSPS) is 11.1. The van der Waals surface area contributed by atoms with E-state index in [9.17, 15) is 5.11 Å². The van der Waals surface area contributed by atoms with Crippen molar-refractivity contribution in [3.8, 4) is 0 Å². The third-order valence-corrected chi connectivity index (χ3v) is 3.40. The van der Waals surface area contributed by atoms with Crippen LogP contribution < -0.4 is 5.73 Å². The van der Waals surface area contributed by atoms with E-state index in [4.69, 9.17) is 5.73 Å². The molecule has 3 aromatic rings. The molecule has 0 fully saturated rings. The Bertz CT molecular complexity index is 716. The van der Waals surface area contributed by atoms with E-state index in [1.807, 2.05) is 48.5 Å². The van der Waals surface area contributed by atoms with E-state index >= 15 is 0 Å². The Balaban J connectivity index is 2.01. The number of nitrogens with two attached hydrogens (primary N) is 1. The fourth-order valence-corrected chi connectivity index (χ4v) is 2.43. The van der Waals surface area contributed by atoms with Gasteiger partial charge in [-0.05, 0) is 29.8 Å². The minimum atomic E-state index is 0.106. The summed E-state index contributed by atoms with van der Waals surface area (Å²) in [6, 6.07) is 15.8. The number of benzene rings is 2. The molecule has 0 aliphatic carbocycles. The number of fused-ring (bicyclic) bond motifs is 1. The molecule has 102 valence electrons. The van der Waals surface area contributed by atoms with Crippen LogP contribution in [0.3, 0.4) is 0 Å². The van der Waals surface area contributed by atoms with Crippen LogP contribution in [0.4, 0.5) is 5.69 Å². The van der Waals surface area contributed by atoms with E-state index in [1.54, 1.807) is 0 Å². The zero-order chi connectivity index (χ0) is 13.9. The summed E-state index contributed by atoms with van der Waals surface area (Å²) in [5, 5.41) is 9.26. The summed E-state index contributed by atoms with van der Waals surface area (Å²) >= 11 is 0. The standard InChI is InChI=1S/C16H17N3O/c17-13-7-5-12(6-8-13)11-16-18-14-3-1-2-4-15(14)19(16)9-10-20/h1-8,20H,9-11,17H2. The maximum atomic E-state index is 9.26. The summed E-state index contributed by atoms with van der Waals surface area (Å²) in [7, 11) is 0. The van der Waals surface area contributed by atoms with Crippen LogP contribution in [0.5, 0.6) is 0 Å². The van der Waals surface area contributed by atoms with Crippen molar-refractivity contribution in [3.63, 3.8) is 0 Å². The highest BCUT2D eigenvalue weighted by molar-refractivity contribution is 5.76. The molecular weight excluding hydrogens is 250 g/mol. The van der Waals surface area contributed by atoms with Crippen molar-refractivity contribution in [2.75, 3.05) is 12.3 Å². The summed E-state index contributed by atoms with van der Waals surface area (Å²) in [6.07, 6.45) is 0.731. The molecule has 0 aliphatic rings. The largest absolute Gasteiger partial charge is 0.399 e. The molecule has 20 heavy (non-hydrogen) atoms. The predicted octanol–water partition coefficient (Wildman–Crippen LogP) is 2.20. The van der Waals surface area contributed by atoms with Gasteiger partial charge in [0.1, 0.15) is 5.82 Å². The molecule has 0 spiro atoms. The van der Waals surface area contributed by atoms with Crippen LogP contribution in [-0.4, -0.2) is 21.3 Å². The summed E-state index contributed by atoms with van der Waals surface area (Å²) in [4.78, 5) is 4.67. The van der Waals surface area contributed by atoms with Gasteiger partial charge in [-0.2, -0.15) is 0 Å². The molecule has 0 saturated carbocycles. The van der Waals surface area contributed by atoms with Gasteiger partial charge in [-0.15, -0.1) is 0 Å². The summed E-state index contributed by atoms with van der Waals surface area (Å²) < 4.78 is 2.08. The molecule has 0 radical (unpaired) electrons. The quantitative estimate of drug-likeness (QED) is 0.712. The summed E-state index contributed by atoms with van der Waals surface area (Å²) in [5.74, 6) is 0.963. The molecule has 0 atom stereocenters. The Morgan fingerprint density at radius 1 is 1.05 bits per heavy atom. The Morgan fingerprint density at radius 2 is 1.80 bits per heavy atom. The van der Waals surface area contributed by atoms with Crippen LogP contribution in [0.2, 0.25) is 0 Å². The molecule has 0 amide bonds. The number of aromatic nitrogens is 2. The Hall–Kier alpha value is -2.33. The fourth-order valence-electron chi connectivity index (χ4n) is 2.43. The van der Waals surface area contributed by atoms with Gasteiger partial charge < -0.3 is 15.4 Å². The zero-order valence-corrected chi connectivity index (χ0v) is 11.2. The first-order valence-electron chi connectivity index (χ1n) is 6.67. The summed E-state index contributed by atoms with van der Waals surface area (Å²) in [6.45, 7) is 0.667. The van der Waals surface area contributed by atoms with Gasteiger partial charge in [0.15, 0.2) is 0 Å². The highest BCUT2D eigenvalue weighted by Crippen LogP contribution is 2.19. The number of hydrogen-bond donors (Lipinski definition) is 2. The Labute approximate surface area is 117 Å². The molecule has 3 N–H and O–H groups in total. The SMILES string of the molecule is Nc1ccc(Cc2nc3ccccc3n2CCO)cc1. The molecule has 0 bridgehead atoms. The first kappa shape index (κ1) is 12.7. The fraction of sp³-hybridized carbons (Fsp3) is 0.188. The predicted molar refractivity (Wildman–Crippen MR) is 80.5 cm³/mol. The van der Waals surface area contributed by atoms with Crippen LogP contribution in [-0.2, 0) is 13.0 Å². The molecule has 4 heteroatoms. The lowest BCUT2D eigenvalue weighted by atomic mass is 10.1. The third-order valence-electron chi connectivity index (χ3n) is 3.40. The first-order chi connectivity index (χ1) is 9.78. The van der Waals surface area contributed by atoms with Gasteiger partial charge in [0.05, 0.1) is 17.6 Å². The van der Waals surface area contributed by atoms with E-state index in [1.165, 1.54) is 0 Å². The number of imidazole rings is 1. The number of anilines is 1. The lowest BCUT2D eigenvalue weighted by Gasteiger charge is -2.07. The maximum Gasteiger partial charge on any atom is 0.114 e. The van der Waals surface area contributed by atoms with Crippen molar-refractivity contribution in [1.82, 2.24) is 9.55 Å². The van der Waals surface area contributed by atoms with Crippen molar-refractivity contribution in [1.29, 1.82) is 0 Å². The van der Waals surface area contributed by atoms with Crippen LogP contribution in [0.25, 0.3) is 11.0 Å². The monoisotopic (exact) mass is 267 g/mol. The van der Waals surface area contributed by atoms with Gasteiger partial charge in [0.2, 0.25) is 0 Å². The first-order valence-corrected chi connectivity index (χ1v) is 6.67. The van der Waals surface area contributed by atoms with Crippen molar-refractivity contribution < 1.29 is 5.11 Å². The lowest BCUT2D eigenvalue weighted by molar-refractivity contribution is 0.276. The number of nitrogen functional groups attached to an aromatic ring is 1. The molecule has 0 unspecified atom stereocenters. The minimum Gasteiger partial charge on any atom is -0.399 e. The van der Waals surface area contributed by atoms with Crippen LogP contribution in [0, 0.1) is 0 Å². The molecule has 0 aliphatic heterocycles. The van der Waals surface area contributed by atoms with Crippen molar-refractivity contribution >= 4 is 16.7 Å². The van der Waals surface area contributed by atoms with E-state index in [-0.39, 0.29) is 6.61 Å². The average Bonchev–Trinajstić information content (AvgIpc) is 2.80. The van der Waals surface area contributed by atoms with Gasteiger partial charge in [0, 0.05) is 18.7 Å². The molecule has 4 nitrogen and oxygen atoms in total. The van der Waals surface area contributed by atoms with Crippen LogP contribution in [0.1, 0.15) is 11.4 Å². The molecular formula is C16H17N3O. The van der Waals surface area contributed by atoms with Gasteiger partial charge in [-0.1, -0.05) is 24.3 Å². The van der Waals surface area contributed by atoms with E-state index in [0.717, 1.165) is 34.5 Å². The van der Waals surface area contributed by atoms with Crippen LogP contribution >= 0.6 is 0 Å². The second-order valence-corrected chi connectivity index (χ2v) is 4.81. The molecule has 2 aromatic carbocycles. The molecule has 1 aromatic heterocycles. The Kier molecular flexibility index (Phi) is 3.39. The maximum absolute atomic E-state index is 9.26. The number of aliphatic hydroxyl groups is 1. The number of para-hydroxylation sites is 2. The van der Waals surface area contributed by atoms with Crippen molar-refractivity contribution in [2.45, 2.75) is 13.0 Å². The topological polar surface area (TPSA) is 64.1 Å². The highest BCUT2D eigenvalue weighted by Gasteiger charge is 2.10. The number of nitrogens with zero attached hydrogens (tertiary/aromatic N) is 2. The van der Waals surface area contributed by atoms with Gasteiger partial charge in [-0.3, -0.25) is 0 Å². The van der Waals surface area contributed by atoms with Crippen LogP contribution in [0.15, 0.2) is 48.5 Å². The van der Waals surface area contributed by atoms with Gasteiger partial charge >= 0.3 is 0 Å².